The molecule has 1 aliphatic rings. The Labute approximate surface area is 133 Å². The van der Waals surface area contributed by atoms with E-state index in [2.05, 4.69) is 10.6 Å². The molecule has 3 rings (SSSR count). The van der Waals surface area contributed by atoms with Crippen LogP contribution in [0.1, 0.15) is 15.9 Å². The first kappa shape index (κ1) is 14.9. The molecule has 1 aliphatic heterocycles. The zero-order valence-corrected chi connectivity index (χ0v) is 12.6. The summed E-state index contributed by atoms with van der Waals surface area (Å²) in [6.45, 7) is 0.358. The Morgan fingerprint density at radius 2 is 2.13 bits per heavy atom. The standard InChI is InChI=1S/C17H16N2O4/c1-22-14-5-3-2-4-12(14)17(21)18-9-11-6-7-15-13(8-11)19-16(20)10-23-15/h2-8H,9-10H2,1H3,(H,18,21)(H,19,20). The molecule has 6 heteroatoms. The van der Waals surface area contributed by atoms with Crippen molar-refractivity contribution in [2.24, 2.45) is 0 Å². The van der Waals surface area contributed by atoms with E-state index in [-0.39, 0.29) is 18.4 Å². The minimum absolute atomic E-state index is 0.0247. The molecule has 0 unspecified atom stereocenters. The van der Waals surface area contributed by atoms with Crippen LogP contribution in [-0.4, -0.2) is 25.5 Å². The fraction of sp³-hybridized carbons (Fsp3) is 0.176. The Bertz CT molecular complexity index is 758. The van der Waals surface area contributed by atoms with Gasteiger partial charge >= 0.3 is 0 Å². The lowest BCUT2D eigenvalue weighted by Gasteiger charge is -2.18. The summed E-state index contributed by atoms with van der Waals surface area (Å²) in [6, 6.07) is 12.4. The van der Waals surface area contributed by atoms with Crippen LogP contribution in [0.3, 0.4) is 0 Å². The number of benzene rings is 2. The van der Waals surface area contributed by atoms with Crippen LogP contribution in [0.5, 0.6) is 11.5 Å². The molecule has 2 N–H and O–H groups in total. The summed E-state index contributed by atoms with van der Waals surface area (Å²) in [7, 11) is 1.53. The number of carbonyl (C=O) groups is 2. The number of hydrogen-bond acceptors (Lipinski definition) is 4. The molecular weight excluding hydrogens is 296 g/mol. The van der Waals surface area contributed by atoms with Crippen molar-refractivity contribution in [1.82, 2.24) is 5.32 Å². The van der Waals surface area contributed by atoms with Gasteiger partial charge < -0.3 is 20.1 Å². The second kappa shape index (κ2) is 6.39. The summed E-state index contributed by atoms with van der Waals surface area (Å²) in [5.41, 5.74) is 1.95. The maximum Gasteiger partial charge on any atom is 0.262 e. The Morgan fingerprint density at radius 3 is 2.96 bits per heavy atom. The van der Waals surface area contributed by atoms with E-state index in [1.807, 2.05) is 12.1 Å². The molecule has 1 heterocycles. The third-order valence-corrected chi connectivity index (χ3v) is 3.48. The van der Waals surface area contributed by atoms with Crippen molar-refractivity contribution in [3.05, 3.63) is 53.6 Å². The van der Waals surface area contributed by atoms with Crippen molar-refractivity contribution in [3.63, 3.8) is 0 Å². The molecule has 23 heavy (non-hydrogen) atoms. The van der Waals surface area contributed by atoms with Gasteiger partial charge in [-0.3, -0.25) is 9.59 Å². The highest BCUT2D eigenvalue weighted by atomic mass is 16.5. The molecule has 0 saturated carbocycles. The van der Waals surface area contributed by atoms with Crippen molar-refractivity contribution in [2.75, 3.05) is 19.0 Å². The Morgan fingerprint density at radius 1 is 1.30 bits per heavy atom. The molecule has 0 saturated heterocycles. The molecule has 0 atom stereocenters. The second-order valence-corrected chi connectivity index (χ2v) is 5.05. The number of rotatable bonds is 4. The third-order valence-electron chi connectivity index (χ3n) is 3.48. The first-order valence-electron chi connectivity index (χ1n) is 7.14. The normalized spacial score (nSPS) is 12.7. The monoisotopic (exact) mass is 312 g/mol. The molecule has 0 spiro atoms. The van der Waals surface area contributed by atoms with Crippen molar-refractivity contribution in [2.45, 2.75) is 6.54 Å². The smallest absolute Gasteiger partial charge is 0.262 e. The van der Waals surface area contributed by atoms with Crippen LogP contribution in [-0.2, 0) is 11.3 Å². The number of methoxy groups -OCH3 is 1. The van der Waals surface area contributed by atoms with Gasteiger partial charge in [0.2, 0.25) is 0 Å². The molecule has 2 aromatic carbocycles. The SMILES string of the molecule is COc1ccccc1C(=O)NCc1ccc2c(c1)NC(=O)CO2. The maximum absolute atomic E-state index is 12.3. The molecule has 0 aromatic heterocycles. The molecule has 0 bridgehead atoms. The van der Waals surface area contributed by atoms with Gasteiger partial charge in [0.25, 0.3) is 11.8 Å². The largest absolute Gasteiger partial charge is 0.496 e. The van der Waals surface area contributed by atoms with Crippen LogP contribution in [0.2, 0.25) is 0 Å². The van der Waals surface area contributed by atoms with Gasteiger partial charge in [0.05, 0.1) is 18.4 Å². The second-order valence-electron chi connectivity index (χ2n) is 5.05. The predicted molar refractivity (Wildman–Crippen MR) is 84.7 cm³/mol. The van der Waals surface area contributed by atoms with Crippen molar-refractivity contribution >= 4 is 17.5 Å². The van der Waals surface area contributed by atoms with E-state index < -0.39 is 0 Å². The van der Waals surface area contributed by atoms with Gasteiger partial charge in [0, 0.05) is 6.54 Å². The number of amides is 2. The van der Waals surface area contributed by atoms with E-state index in [0.717, 1.165) is 5.56 Å². The van der Waals surface area contributed by atoms with Gasteiger partial charge in [0.1, 0.15) is 11.5 Å². The number of ether oxygens (including phenoxy) is 2. The minimum Gasteiger partial charge on any atom is -0.496 e. The van der Waals surface area contributed by atoms with E-state index in [1.165, 1.54) is 7.11 Å². The van der Waals surface area contributed by atoms with Crippen molar-refractivity contribution in [3.8, 4) is 11.5 Å². The van der Waals surface area contributed by atoms with Gasteiger partial charge in [-0.05, 0) is 29.8 Å². The van der Waals surface area contributed by atoms with Crippen LogP contribution < -0.4 is 20.1 Å². The topological polar surface area (TPSA) is 76.7 Å². The molecule has 0 aliphatic carbocycles. The maximum atomic E-state index is 12.3. The summed E-state index contributed by atoms with van der Waals surface area (Å²) in [6.07, 6.45) is 0. The molecule has 6 nitrogen and oxygen atoms in total. The fourth-order valence-corrected chi connectivity index (χ4v) is 2.35. The van der Waals surface area contributed by atoms with Crippen molar-refractivity contribution in [1.29, 1.82) is 0 Å². The number of fused-ring (bicyclic) bond motifs is 1. The summed E-state index contributed by atoms with van der Waals surface area (Å²) in [5, 5.41) is 5.58. The van der Waals surface area contributed by atoms with Crippen molar-refractivity contribution < 1.29 is 19.1 Å². The Kier molecular flexibility index (Phi) is 4.14. The first-order valence-corrected chi connectivity index (χ1v) is 7.14. The minimum atomic E-state index is -0.222. The zero-order chi connectivity index (χ0) is 16.2. The van der Waals surface area contributed by atoms with Gasteiger partial charge in [-0.25, -0.2) is 0 Å². The molecule has 0 fully saturated rings. The van der Waals surface area contributed by atoms with Crippen LogP contribution in [0, 0.1) is 0 Å². The summed E-state index contributed by atoms with van der Waals surface area (Å²) >= 11 is 0. The van der Waals surface area contributed by atoms with E-state index in [0.29, 0.717) is 29.3 Å². The van der Waals surface area contributed by atoms with E-state index in [1.54, 1.807) is 30.3 Å². The number of anilines is 1. The van der Waals surface area contributed by atoms with E-state index in [4.69, 9.17) is 9.47 Å². The fourth-order valence-electron chi connectivity index (χ4n) is 2.35. The average Bonchev–Trinajstić information content (AvgIpc) is 2.59. The van der Waals surface area contributed by atoms with Gasteiger partial charge in [-0.15, -0.1) is 0 Å². The third kappa shape index (κ3) is 3.26. The van der Waals surface area contributed by atoms with Crippen LogP contribution in [0.15, 0.2) is 42.5 Å². The summed E-state index contributed by atoms with van der Waals surface area (Å²) in [5.74, 6) is 0.744. The average molecular weight is 312 g/mol. The van der Waals surface area contributed by atoms with Crippen LogP contribution >= 0.6 is 0 Å². The highest BCUT2D eigenvalue weighted by Crippen LogP contribution is 2.28. The summed E-state index contributed by atoms with van der Waals surface area (Å²) in [4.78, 5) is 23.6. The quantitative estimate of drug-likeness (QED) is 0.905. The highest BCUT2D eigenvalue weighted by Gasteiger charge is 2.16. The zero-order valence-electron chi connectivity index (χ0n) is 12.6. The molecule has 2 aromatic rings. The number of hydrogen-bond donors (Lipinski definition) is 2. The van der Waals surface area contributed by atoms with E-state index in [9.17, 15) is 9.59 Å². The lowest BCUT2D eigenvalue weighted by Crippen LogP contribution is -2.26. The number of nitrogens with one attached hydrogen (secondary N) is 2. The molecular formula is C17H16N2O4. The van der Waals surface area contributed by atoms with Gasteiger partial charge in [0.15, 0.2) is 6.61 Å². The lowest BCUT2D eigenvalue weighted by atomic mass is 10.1. The van der Waals surface area contributed by atoms with Crippen LogP contribution in [0.4, 0.5) is 5.69 Å². The predicted octanol–water partition coefficient (Wildman–Crippen LogP) is 1.96. The highest BCUT2D eigenvalue weighted by molar-refractivity contribution is 5.97. The molecule has 2 amide bonds. The Hall–Kier alpha value is -3.02. The van der Waals surface area contributed by atoms with Crippen LogP contribution in [0.25, 0.3) is 0 Å². The van der Waals surface area contributed by atoms with E-state index >= 15 is 0 Å². The number of para-hydroxylation sites is 1. The summed E-state index contributed by atoms with van der Waals surface area (Å²) < 4.78 is 10.5. The lowest BCUT2D eigenvalue weighted by molar-refractivity contribution is -0.118. The molecule has 118 valence electrons. The first-order chi connectivity index (χ1) is 11.2. The number of carbonyl (C=O) groups excluding carboxylic acids is 2. The Balaban J connectivity index is 1.70. The molecule has 0 radical (unpaired) electrons. The van der Waals surface area contributed by atoms with Gasteiger partial charge in [-0.1, -0.05) is 18.2 Å². The van der Waals surface area contributed by atoms with Gasteiger partial charge in [-0.2, -0.15) is 0 Å².